The number of hydrogen-bond donors (Lipinski definition) is 0. The molecule has 0 unspecified atom stereocenters. The van der Waals surface area contributed by atoms with Gasteiger partial charge >= 0.3 is 0 Å². The number of carbonyl (C=O) groups is 1. The number of likely N-dealkylation sites (tertiary alicyclic amines) is 1. The third-order valence-corrected chi connectivity index (χ3v) is 4.93. The molecule has 0 bridgehead atoms. The molecule has 0 spiro atoms. The Bertz CT molecular complexity index is 663. The van der Waals surface area contributed by atoms with Gasteiger partial charge in [0.05, 0.1) is 4.88 Å². The number of thiophene rings is 1. The van der Waals surface area contributed by atoms with E-state index in [1.165, 1.54) is 36.3 Å². The van der Waals surface area contributed by atoms with Crippen LogP contribution in [-0.4, -0.2) is 23.9 Å². The van der Waals surface area contributed by atoms with Gasteiger partial charge in [-0.1, -0.05) is 18.9 Å². The molecule has 1 fully saturated rings. The molecule has 3 nitrogen and oxygen atoms in total. The molecule has 1 aliphatic rings. The standard InChI is InChI=1S/C18H20FNO2S/c19-15-6-5-7-16(11-15)22-12-14-10-17(23-13-14)18(21)20-8-3-1-2-4-9-20/h5-7,10-11,13H,1-4,8-9,12H2. The van der Waals surface area contributed by atoms with Crippen molar-refractivity contribution in [3.8, 4) is 5.75 Å². The first kappa shape index (κ1) is 16.0. The van der Waals surface area contributed by atoms with Gasteiger partial charge in [0.1, 0.15) is 18.2 Å². The molecular formula is C18H20FNO2S. The minimum atomic E-state index is -0.315. The molecular weight excluding hydrogens is 313 g/mol. The van der Waals surface area contributed by atoms with Crippen LogP contribution < -0.4 is 4.74 Å². The van der Waals surface area contributed by atoms with Gasteiger partial charge in [0, 0.05) is 24.7 Å². The first-order valence-electron chi connectivity index (χ1n) is 7.97. The monoisotopic (exact) mass is 333 g/mol. The number of hydrogen-bond acceptors (Lipinski definition) is 3. The molecule has 1 saturated heterocycles. The maximum atomic E-state index is 13.1. The SMILES string of the molecule is O=C(c1cc(COc2cccc(F)c2)cs1)N1CCCCCC1. The molecule has 1 aromatic carbocycles. The predicted octanol–water partition coefficient (Wildman–Crippen LogP) is 4.48. The Kier molecular flexibility index (Phi) is 5.28. The highest BCUT2D eigenvalue weighted by atomic mass is 32.1. The fourth-order valence-electron chi connectivity index (χ4n) is 2.72. The third kappa shape index (κ3) is 4.32. The molecule has 1 aliphatic heterocycles. The first-order chi connectivity index (χ1) is 11.2. The summed E-state index contributed by atoms with van der Waals surface area (Å²) in [5.74, 6) is 0.301. The number of ether oxygens (including phenoxy) is 1. The Labute approximate surface area is 139 Å². The zero-order valence-electron chi connectivity index (χ0n) is 13.0. The summed E-state index contributed by atoms with van der Waals surface area (Å²) in [6, 6.07) is 7.97. The fourth-order valence-corrected chi connectivity index (χ4v) is 3.58. The summed E-state index contributed by atoms with van der Waals surface area (Å²) in [6.07, 6.45) is 4.60. The van der Waals surface area contributed by atoms with Gasteiger partial charge in [-0.3, -0.25) is 4.79 Å². The van der Waals surface area contributed by atoms with E-state index in [1.54, 1.807) is 12.1 Å². The molecule has 122 valence electrons. The maximum absolute atomic E-state index is 13.1. The highest BCUT2D eigenvalue weighted by Crippen LogP contribution is 2.21. The lowest BCUT2D eigenvalue weighted by molar-refractivity contribution is 0.0766. The van der Waals surface area contributed by atoms with Crippen molar-refractivity contribution >= 4 is 17.2 Å². The van der Waals surface area contributed by atoms with E-state index in [4.69, 9.17) is 4.74 Å². The number of rotatable bonds is 4. The van der Waals surface area contributed by atoms with Crippen LogP contribution in [0.2, 0.25) is 0 Å². The Morgan fingerprint density at radius 1 is 1.17 bits per heavy atom. The summed E-state index contributed by atoms with van der Waals surface area (Å²) in [7, 11) is 0. The van der Waals surface area contributed by atoms with Crippen molar-refractivity contribution in [1.29, 1.82) is 0 Å². The maximum Gasteiger partial charge on any atom is 0.263 e. The molecule has 0 N–H and O–H groups in total. The van der Waals surface area contributed by atoms with Crippen molar-refractivity contribution in [3.63, 3.8) is 0 Å². The zero-order chi connectivity index (χ0) is 16.1. The summed E-state index contributed by atoms with van der Waals surface area (Å²) in [5, 5.41) is 1.93. The van der Waals surface area contributed by atoms with Crippen LogP contribution in [0.15, 0.2) is 35.7 Å². The lowest BCUT2D eigenvalue weighted by Gasteiger charge is -2.19. The minimum absolute atomic E-state index is 0.119. The summed E-state index contributed by atoms with van der Waals surface area (Å²) in [5.41, 5.74) is 0.942. The van der Waals surface area contributed by atoms with Crippen LogP contribution in [0.3, 0.4) is 0 Å². The molecule has 2 heterocycles. The second kappa shape index (κ2) is 7.59. The molecule has 23 heavy (non-hydrogen) atoms. The highest BCUT2D eigenvalue weighted by molar-refractivity contribution is 7.12. The quantitative estimate of drug-likeness (QED) is 0.825. The van der Waals surface area contributed by atoms with Gasteiger partial charge in [0.25, 0.3) is 5.91 Å². The molecule has 5 heteroatoms. The van der Waals surface area contributed by atoms with Crippen molar-refractivity contribution < 1.29 is 13.9 Å². The van der Waals surface area contributed by atoms with Gasteiger partial charge in [0.15, 0.2) is 0 Å². The predicted molar refractivity (Wildman–Crippen MR) is 89.4 cm³/mol. The van der Waals surface area contributed by atoms with Gasteiger partial charge in [-0.2, -0.15) is 0 Å². The van der Waals surface area contributed by atoms with Gasteiger partial charge in [-0.05, 0) is 36.4 Å². The molecule has 2 aromatic rings. The largest absolute Gasteiger partial charge is 0.489 e. The molecule has 3 rings (SSSR count). The summed E-state index contributed by atoms with van der Waals surface area (Å²) in [6.45, 7) is 2.05. The molecule has 0 aliphatic carbocycles. The lowest BCUT2D eigenvalue weighted by atomic mass is 10.2. The van der Waals surface area contributed by atoms with Gasteiger partial charge < -0.3 is 9.64 Å². The molecule has 1 aromatic heterocycles. The van der Waals surface area contributed by atoms with Gasteiger partial charge in [-0.25, -0.2) is 4.39 Å². The van der Waals surface area contributed by atoms with Crippen LogP contribution in [0.5, 0.6) is 5.75 Å². The fraction of sp³-hybridized carbons (Fsp3) is 0.389. The Balaban J connectivity index is 1.60. The highest BCUT2D eigenvalue weighted by Gasteiger charge is 2.18. The van der Waals surface area contributed by atoms with E-state index in [0.717, 1.165) is 36.4 Å². The van der Waals surface area contributed by atoms with E-state index in [-0.39, 0.29) is 11.7 Å². The minimum Gasteiger partial charge on any atom is -0.489 e. The number of carbonyl (C=O) groups excluding carboxylic acids is 1. The summed E-state index contributed by atoms with van der Waals surface area (Å²) < 4.78 is 18.7. The molecule has 0 saturated carbocycles. The van der Waals surface area contributed by atoms with E-state index in [9.17, 15) is 9.18 Å². The summed E-state index contributed by atoms with van der Waals surface area (Å²) >= 11 is 1.45. The second-order valence-corrected chi connectivity index (χ2v) is 6.68. The number of benzene rings is 1. The van der Waals surface area contributed by atoms with Crippen LogP contribution in [0.25, 0.3) is 0 Å². The Morgan fingerprint density at radius 2 is 1.96 bits per heavy atom. The van der Waals surface area contributed by atoms with E-state index < -0.39 is 0 Å². The number of nitrogens with zero attached hydrogens (tertiary/aromatic N) is 1. The van der Waals surface area contributed by atoms with Crippen molar-refractivity contribution in [2.45, 2.75) is 32.3 Å². The smallest absolute Gasteiger partial charge is 0.263 e. The van der Waals surface area contributed by atoms with Crippen molar-refractivity contribution in [3.05, 3.63) is 52.0 Å². The first-order valence-corrected chi connectivity index (χ1v) is 8.85. The van der Waals surface area contributed by atoms with Crippen LogP contribution >= 0.6 is 11.3 Å². The zero-order valence-corrected chi connectivity index (χ0v) is 13.8. The number of halogens is 1. The Hall–Kier alpha value is -1.88. The summed E-state index contributed by atoms with van der Waals surface area (Å²) in [4.78, 5) is 15.2. The van der Waals surface area contributed by atoms with E-state index >= 15 is 0 Å². The van der Waals surface area contributed by atoms with Gasteiger partial charge in [0.2, 0.25) is 0 Å². The van der Waals surface area contributed by atoms with E-state index in [2.05, 4.69) is 0 Å². The van der Waals surface area contributed by atoms with Crippen LogP contribution in [-0.2, 0) is 6.61 Å². The second-order valence-electron chi connectivity index (χ2n) is 5.77. The normalized spacial score (nSPS) is 15.3. The number of amides is 1. The average Bonchev–Trinajstić information content (AvgIpc) is 2.86. The Morgan fingerprint density at radius 3 is 2.70 bits per heavy atom. The lowest BCUT2D eigenvalue weighted by Crippen LogP contribution is -2.31. The van der Waals surface area contributed by atoms with E-state index in [1.807, 2.05) is 16.3 Å². The van der Waals surface area contributed by atoms with Crippen LogP contribution in [0.1, 0.15) is 40.9 Å². The van der Waals surface area contributed by atoms with Crippen molar-refractivity contribution in [2.24, 2.45) is 0 Å². The molecule has 0 atom stereocenters. The van der Waals surface area contributed by atoms with Crippen molar-refractivity contribution in [1.82, 2.24) is 4.90 Å². The van der Waals surface area contributed by atoms with Crippen molar-refractivity contribution in [2.75, 3.05) is 13.1 Å². The van der Waals surface area contributed by atoms with E-state index in [0.29, 0.717) is 12.4 Å². The third-order valence-electron chi connectivity index (χ3n) is 3.96. The van der Waals surface area contributed by atoms with Gasteiger partial charge in [-0.15, -0.1) is 11.3 Å². The molecule has 0 radical (unpaired) electrons. The molecule has 1 amide bonds. The topological polar surface area (TPSA) is 29.5 Å². The van der Waals surface area contributed by atoms with Crippen LogP contribution in [0, 0.1) is 5.82 Å². The van der Waals surface area contributed by atoms with Crippen LogP contribution in [0.4, 0.5) is 4.39 Å². The average molecular weight is 333 g/mol.